The molecule has 0 aromatic heterocycles. The van der Waals surface area contributed by atoms with E-state index in [2.05, 4.69) is 19.2 Å². The zero-order valence-corrected chi connectivity index (χ0v) is 13.2. The molecular formula is C17H26FNO2. The Bertz CT molecular complexity index is 452. The van der Waals surface area contributed by atoms with Crippen molar-refractivity contribution < 1.29 is 13.9 Å². The van der Waals surface area contributed by atoms with E-state index in [1.54, 1.807) is 19.2 Å². The third-order valence-corrected chi connectivity index (χ3v) is 4.23. The molecule has 0 amide bonds. The molecule has 1 fully saturated rings. The highest BCUT2D eigenvalue weighted by Gasteiger charge is 2.35. The maximum Gasteiger partial charge on any atom is 0.123 e. The van der Waals surface area contributed by atoms with Gasteiger partial charge in [0.2, 0.25) is 0 Å². The Morgan fingerprint density at radius 1 is 1.43 bits per heavy atom. The molecule has 21 heavy (non-hydrogen) atoms. The lowest BCUT2D eigenvalue weighted by Crippen LogP contribution is -2.33. The van der Waals surface area contributed by atoms with Gasteiger partial charge in [-0.15, -0.1) is 0 Å². The van der Waals surface area contributed by atoms with Crippen LogP contribution in [0.4, 0.5) is 4.39 Å². The monoisotopic (exact) mass is 295 g/mol. The Morgan fingerprint density at radius 2 is 2.24 bits per heavy atom. The summed E-state index contributed by atoms with van der Waals surface area (Å²) in [5, 5.41) is 3.57. The van der Waals surface area contributed by atoms with Gasteiger partial charge in [0.25, 0.3) is 0 Å². The van der Waals surface area contributed by atoms with E-state index in [4.69, 9.17) is 9.47 Å². The van der Waals surface area contributed by atoms with Gasteiger partial charge in [-0.2, -0.15) is 0 Å². The number of nitrogens with one attached hydrogen (secondary N) is 1. The Kier molecular flexibility index (Phi) is 6.00. The van der Waals surface area contributed by atoms with Crippen molar-refractivity contribution in [2.45, 2.75) is 45.3 Å². The number of ether oxygens (including phenoxy) is 2. The van der Waals surface area contributed by atoms with E-state index in [1.807, 2.05) is 0 Å². The molecule has 1 saturated heterocycles. The van der Waals surface area contributed by atoms with Crippen molar-refractivity contribution in [2.24, 2.45) is 5.92 Å². The van der Waals surface area contributed by atoms with Crippen molar-refractivity contribution in [2.75, 3.05) is 20.3 Å². The van der Waals surface area contributed by atoms with Crippen LogP contribution in [0.1, 0.15) is 44.7 Å². The maximum atomic E-state index is 13.7. The third kappa shape index (κ3) is 3.74. The van der Waals surface area contributed by atoms with Gasteiger partial charge in [0, 0.05) is 24.1 Å². The molecule has 0 spiro atoms. The summed E-state index contributed by atoms with van der Waals surface area (Å²) >= 11 is 0. The zero-order chi connectivity index (χ0) is 15.2. The molecule has 1 aliphatic heterocycles. The summed E-state index contributed by atoms with van der Waals surface area (Å²) in [6, 6.07) is 4.82. The molecular weight excluding hydrogens is 269 g/mol. The van der Waals surface area contributed by atoms with Crippen molar-refractivity contribution in [3.63, 3.8) is 0 Å². The fourth-order valence-corrected chi connectivity index (χ4v) is 3.21. The second-order valence-corrected chi connectivity index (χ2v) is 5.59. The Balaban J connectivity index is 2.33. The molecule has 0 saturated carbocycles. The van der Waals surface area contributed by atoms with Gasteiger partial charge in [0.15, 0.2) is 0 Å². The van der Waals surface area contributed by atoms with Crippen molar-refractivity contribution in [1.82, 2.24) is 5.32 Å². The van der Waals surface area contributed by atoms with Crippen LogP contribution in [0.2, 0.25) is 0 Å². The molecule has 118 valence electrons. The van der Waals surface area contributed by atoms with Crippen LogP contribution in [0.25, 0.3) is 0 Å². The molecule has 2 rings (SSSR count). The predicted molar refractivity (Wildman–Crippen MR) is 82.1 cm³/mol. The molecule has 0 bridgehead atoms. The summed E-state index contributed by atoms with van der Waals surface area (Å²) in [7, 11) is 1.63. The smallest absolute Gasteiger partial charge is 0.123 e. The fourth-order valence-electron chi connectivity index (χ4n) is 3.21. The van der Waals surface area contributed by atoms with E-state index in [0.717, 1.165) is 43.7 Å². The van der Waals surface area contributed by atoms with Crippen LogP contribution < -0.4 is 10.1 Å². The lowest BCUT2D eigenvalue weighted by molar-refractivity contribution is 0.0771. The van der Waals surface area contributed by atoms with Gasteiger partial charge in [-0.25, -0.2) is 4.39 Å². The molecule has 0 aliphatic carbocycles. The molecule has 4 heteroatoms. The number of methoxy groups -OCH3 is 1. The summed E-state index contributed by atoms with van der Waals surface area (Å²) in [4.78, 5) is 0. The summed E-state index contributed by atoms with van der Waals surface area (Å²) in [5.74, 6) is 0.880. The maximum absolute atomic E-state index is 13.7. The summed E-state index contributed by atoms with van der Waals surface area (Å²) in [5.41, 5.74) is 0.903. The molecule has 0 radical (unpaired) electrons. The first-order valence-electron chi connectivity index (χ1n) is 7.89. The highest BCUT2D eigenvalue weighted by molar-refractivity contribution is 5.37. The highest BCUT2D eigenvalue weighted by Crippen LogP contribution is 2.38. The summed E-state index contributed by atoms with van der Waals surface area (Å²) in [6.07, 6.45) is 3.25. The third-order valence-electron chi connectivity index (χ3n) is 4.23. The van der Waals surface area contributed by atoms with Gasteiger partial charge in [0.1, 0.15) is 11.6 Å². The first kappa shape index (κ1) is 16.2. The number of hydrogen-bond acceptors (Lipinski definition) is 3. The van der Waals surface area contributed by atoms with Gasteiger partial charge in [-0.1, -0.05) is 13.8 Å². The van der Waals surface area contributed by atoms with Crippen molar-refractivity contribution in [1.29, 1.82) is 0 Å². The lowest BCUT2D eigenvalue weighted by Gasteiger charge is -2.29. The molecule has 1 aliphatic rings. The molecule has 1 N–H and O–H groups in total. The van der Waals surface area contributed by atoms with E-state index >= 15 is 0 Å². The lowest BCUT2D eigenvalue weighted by atomic mass is 9.86. The SMILES string of the molecule is CCCNC(c1cc(F)ccc1OC)C1CCOC1CC. The van der Waals surface area contributed by atoms with Crippen LogP contribution in [0, 0.1) is 11.7 Å². The summed E-state index contributed by atoms with van der Waals surface area (Å²) < 4.78 is 25.0. The Morgan fingerprint density at radius 3 is 2.90 bits per heavy atom. The second kappa shape index (κ2) is 7.76. The van der Waals surface area contributed by atoms with Crippen LogP contribution in [0.15, 0.2) is 18.2 Å². The van der Waals surface area contributed by atoms with E-state index < -0.39 is 0 Å². The van der Waals surface area contributed by atoms with Gasteiger partial charge in [-0.3, -0.25) is 0 Å². The Hall–Kier alpha value is -1.13. The van der Waals surface area contributed by atoms with Crippen molar-refractivity contribution in [3.05, 3.63) is 29.6 Å². The largest absolute Gasteiger partial charge is 0.496 e. The van der Waals surface area contributed by atoms with E-state index in [1.165, 1.54) is 6.07 Å². The molecule has 1 heterocycles. The van der Waals surface area contributed by atoms with Crippen LogP contribution in [0.5, 0.6) is 5.75 Å². The molecule has 3 unspecified atom stereocenters. The predicted octanol–water partition coefficient (Wildman–Crippen LogP) is 3.69. The molecule has 1 aromatic carbocycles. The Labute approximate surface area is 126 Å². The fraction of sp³-hybridized carbons (Fsp3) is 0.647. The topological polar surface area (TPSA) is 30.5 Å². The van der Waals surface area contributed by atoms with Crippen molar-refractivity contribution in [3.8, 4) is 5.75 Å². The number of halogens is 1. The molecule has 3 atom stereocenters. The van der Waals surface area contributed by atoms with E-state index in [0.29, 0.717) is 5.92 Å². The van der Waals surface area contributed by atoms with Crippen LogP contribution in [-0.2, 0) is 4.74 Å². The van der Waals surface area contributed by atoms with Gasteiger partial charge >= 0.3 is 0 Å². The molecule has 3 nitrogen and oxygen atoms in total. The minimum atomic E-state index is -0.221. The van der Waals surface area contributed by atoms with Gasteiger partial charge < -0.3 is 14.8 Å². The first-order chi connectivity index (χ1) is 10.2. The van der Waals surface area contributed by atoms with Crippen LogP contribution in [-0.4, -0.2) is 26.4 Å². The van der Waals surface area contributed by atoms with Gasteiger partial charge in [-0.05, 0) is 44.0 Å². The van der Waals surface area contributed by atoms with E-state index in [9.17, 15) is 4.39 Å². The zero-order valence-electron chi connectivity index (χ0n) is 13.2. The quantitative estimate of drug-likeness (QED) is 0.832. The number of hydrogen-bond donors (Lipinski definition) is 1. The van der Waals surface area contributed by atoms with Crippen molar-refractivity contribution >= 4 is 0 Å². The first-order valence-corrected chi connectivity index (χ1v) is 7.89. The minimum Gasteiger partial charge on any atom is -0.496 e. The number of rotatable bonds is 7. The normalized spacial score (nSPS) is 23.2. The van der Waals surface area contributed by atoms with E-state index in [-0.39, 0.29) is 18.0 Å². The number of benzene rings is 1. The second-order valence-electron chi connectivity index (χ2n) is 5.59. The van der Waals surface area contributed by atoms with Crippen LogP contribution >= 0.6 is 0 Å². The van der Waals surface area contributed by atoms with Gasteiger partial charge in [0.05, 0.1) is 13.2 Å². The standard InChI is InChI=1S/C17H26FNO2/c1-4-9-19-17(13-8-10-21-15(13)5-2)14-11-12(18)6-7-16(14)20-3/h6-7,11,13,15,17,19H,4-5,8-10H2,1-3H3. The molecule has 1 aromatic rings. The summed E-state index contributed by atoms with van der Waals surface area (Å²) in [6.45, 7) is 5.96. The highest BCUT2D eigenvalue weighted by atomic mass is 19.1. The minimum absolute atomic E-state index is 0.0723. The average molecular weight is 295 g/mol. The average Bonchev–Trinajstić information content (AvgIpc) is 2.96. The van der Waals surface area contributed by atoms with Crippen LogP contribution in [0.3, 0.4) is 0 Å².